The molecule has 0 aromatic heterocycles. The monoisotopic (exact) mass is 383 g/mol. The maximum atomic E-state index is 13.0. The molecule has 0 atom stereocenters. The molecule has 0 radical (unpaired) electrons. The van der Waals surface area contributed by atoms with Crippen LogP contribution in [0.1, 0.15) is 22.8 Å². The molecule has 0 amide bonds. The molecule has 6 nitrogen and oxygen atoms in total. The topological polar surface area (TPSA) is 57.2 Å². The molecule has 0 N–H and O–H groups in total. The smallest absolute Gasteiger partial charge is 0.194 e. The molecule has 2 aromatic carbocycles. The standard InChI is InChI=1S/C22H25NO5/c1-3-27-15-13-17-21(19(14-15)25-2)20-16(22(17)24)5-4-6-18(20)28-12-9-23-7-10-26-11-8-23/h4-6,13-14H,3,7-12H2,1-2H3. The molecule has 1 heterocycles. The molecule has 28 heavy (non-hydrogen) atoms. The molecular weight excluding hydrogens is 358 g/mol. The average Bonchev–Trinajstić information content (AvgIpc) is 3.02. The number of fused-ring (bicyclic) bond motifs is 3. The first kappa shape index (κ1) is 18.8. The summed E-state index contributed by atoms with van der Waals surface area (Å²) in [5.41, 5.74) is 2.84. The van der Waals surface area contributed by atoms with Crippen LogP contribution < -0.4 is 14.2 Å². The summed E-state index contributed by atoms with van der Waals surface area (Å²) in [7, 11) is 1.61. The zero-order valence-corrected chi connectivity index (χ0v) is 16.3. The van der Waals surface area contributed by atoms with Crippen LogP contribution in [0, 0.1) is 0 Å². The first-order chi connectivity index (χ1) is 13.7. The van der Waals surface area contributed by atoms with E-state index >= 15 is 0 Å². The summed E-state index contributed by atoms with van der Waals surface area (Å²) in [6.45, 7) is 7.20. The number of ketones is 1. The maximum Gasteiger partial charge on any atom is 0.194 e. The summed E-state index contributed by atoms with van der Waals surface area (Å²) in [5.74, 6) is 1.94. The van der Waals surface area contributed by atoms with Gasteiger partial charge in [0, 0.05) is 48.0 Å². The van der Waals surface area contributed by atoms with Crippen LogP contribution in [0.3, 0.4) is 0 Å². The van der Waals surface area contributed by atoms with Gasteiger partial charge in [-0.15, -0.1) is 0 Å². The van der Waals surface area contributed by atoms with Crippen LogP contribution in [0.4, 0.5) is 0 Å². The first-order valence-corrected chi connectivity index (χ1v) is 9.68. The van der Waals surface area contributed by atoms with E-state index in [1.165, 1.54) is 0 Å². The van der Waals surface area contributed by atoms with Gasteiger partial charge in [0.15, 0.2) is 5.78 Å². The predicted molar refractivity (Wildman–Crippen MR) is 106 cm³/mol. The fourth-order valence-corrected chi connectivity index (χ4v) is 3.79. The Balaban J connectivity index is 1.63. The lowest BCUT2D eigenvalue weighted by molar-refractivity contribution is 0.0323. The third-order valence-corrected chi connectivity index (χ3v) is 5.14. The van der Waals surface area contributed by atoms with Gasteiger partial charge in [-0.25, -0.2) is 0 Å². The van der Waals surface area contributed by atoms with Crippen LogP contribution >= 0.6 is 0 Å². The number of morpholine rings is 1. The van der Waals surface area contributed by atoms with Crippen LogP contribution in [0.15, 0.2) is 30.3 Å². The van der Waals surface area contributed by atoms with E-state index in [9.17, 15) is 4.79 Å². The van der Waals surface area contributed by atoms with Crippen LogP contribution in [0.2, 0.25) is 0 Å². The quantitative estimate of drug-likeness (QED) is 0.625. The second kappa shape index (κ2) is 8.20. The van der Waals surface area contributed by atoms with Crippen LogP contribution in [-0.2, 0) is 4.74 Å². The molecule has 0 bridgehead atoms. The van der Waals surface area contributed by atoms with Crippen molar-refractivity contribution < 1.29 is 23.7 Å². The molecule has 2 aliphatic rings. The predicted octanol–water partition coefficient (Wildman–Crippen LogP) is 3.02. The van der Waals surface area contributed by atoms with Crippen molar-refractivity contribution in [3.63, 3.8) is 0 Å². The van der Waals surface area contributed by atoms with E-state index < -0.39 is 0 Å². The van der Waals surface area contributed by atoms with Gasteiger partial charge in [-0.05, 0) is 19.1 Å². The maximum absolute atomic E-state index is 13.0. The molecule has 148 valence electrons. The Bertz CT molecular complexity index is 873. The number of hydrogen-bond acceptors (Lipinski definition) is 6. The summed E-state index contributed by atoms with van der Waals surface area (Å²) < 4.78 is 22.7. The van der Waals surface area contributed by atoms with Crippen molar-refractivity contribution in [3.05, 3.63) is 41.5 Å². The second-order valence-corrected chi connectivity index (χ2v) is 6.79. The van der Waals surface area contributed by atoms with E-state index in [0.29, 0.717) is 41.6 Å². The Hall–Kier alpha value is -2.57. The van der Waals surface area contributed by atoms with Gasteiger partial charge in [-0.1, -0.05) is 12.1 Å². The largest absolute Gasteiger partial charge is 0.496 e. The summed E-state index contributed by atoms with van der Waals surface area (Å²) >= 11 is 0. The Morgan fingerprint density at radius 2 is 1.82 bits per heavy atom. The van der Waals surface area contributed by atoms with Crippen molar-refractivity contribution >= 4 is 5.78 Å². The van der Waals surface area contributed by atoms with Crippen molar-refractivity contribution in [1.29, 1.82) is 0 Å². The molecule has 1 aliphatic heterocycles. The van der Waals surface area contributed by atoms with Crippen molar-refractivity contribution in [2.75, 3.05) is 53.2 Å². The van der Waals surface area contributed by atoms with Gasteiger partial charge in [-0.3, -0.25) is 9.69 Å². The molecule has 6 heteroatoms. The third-order valence-electron chi connectivity index (χ3n) is 5.14. The SMILES string of the molecule is CCOc1cc(OC)c2c(c1)C(=O)c1cccc(OCCN3CCOCC3)c1-2. The van der Waals surface area contributed by atoms with Crippen LogP contribution in [-0.4, -0.2) is 63.9 Å². The Morgan fingerprint density at radius 3 is 2.57 bits per heavy atom. The number of nitrogens with zero attached hydrogens (tertiary/aromatic N) is 1. The lowest BCUT2D eigenvalue weighted by Gasteiger charge is -2.26. The number of carbonyl (C=O) groups is 1. The molecule has 2 aromatic rings. The molecule has 1 aliphatic carbocycles. The number of hydrogen-bond donors (Lipinski definition) is 0. The van der Waals surface area contributed by atoms with Gasteiger partial charge in [0.25, 0.3) is 0 Å². The van der Waals surface area contributed by atoms with E-state index in [-0.39, 0.29) is 5.78 Å². The fraction of sp³-hybridized carbons (Fsp3) is 0.409. The average molecular weight is 383 g/mol. The molecular formula is C22H25NO5. The van der Waals surface area contributed by atoms with Crippen molar-refractivity contribution in [3.8, 4) is 28.4 Å². The van der Waals surface area contributed by atoms with E-state index in [0.717, 1.165) is 44.0 Å². The summed E-state index contributed by atoms with van der Waals surface area (Å²) in [4.78, 5) is 15.3. The molecule has 4 rings (SSSR count). The van der Waals surface area contributed by atoms with Crippen LogP contribution in [0.5, 0.6) is 17.2 Å². The summed E-state index contributed by atoms with van der Waals surface area (Å²) in [6.07, 6.45) is 0. The number of carbonyl (C=O) groups excluding carboxylic acids is 1. The van der Waals surface area contributed by atoms with Crippen LogP contribution in [0.25, 0.3) is 11.1 Å². The second-order valence-electron chi connectivity index (χ2n) is 6.79. The van der Waals surface area contributed by atoms with Gasteiger partial charge < -0.3 is 18.9 Å². The minimum Gasteiger partial charge on any atom is -0.496 e. The Labute approximate surface area is 165 Å². The van der Waals surface area contributed by atoms with E-state index in [2.05, 4.69) is 4.90 Å². The summed E-state index contributed by atoms with van der Waals surface area (Å²) in [6, 6.07) is 9.24. The Kier molecular flexibility index (Phi) is 5.50. The van der Waals surface area contributed by atoms with Gasteiger partial charge in [0.1, 0.15) is 23.9 Å². The van der Waals surface area contributed by atoms with Crippen molar-refractivity contribution in [1.82, 2.24) is 4.90 Å². The summed E-state index contributed by atoms with van der Waals surface area (Å²) in [5, 5.41) is 0. The molecule has 0 spiro atoms. The highest BCUT2D eigenvalue weighted by atomic mass is 16.5. The number of benzene rings is 2. The molecule has 0 saturated carbocycles. The minimum atomic E-state index is -0.0246. The number of methoxy groups -OCH3 is 1. The van der Waals surface area contributed by atoms with E-state index in [4.69, 9.17) is 18.9 Å². The van der Waals surface area contributed by atoms with Gasteiger partial charge in [0.05, 0.1) is 26.9 Å². The minimum absolute atomic E-state index is 0.0246. The Morgan fingerprint density at radius 1 is 1.04 bits per heavy atom. The number of ether oxygens (including phenoxy) is 4. The zero-order chi connectivity index (χ0) is 19.5. The highest BCUT2D eigenvalue weighted by molar-refractivity contribution is 6.23. The zero-order valence-electron chi connectivity index (χ0n) is 16.3. The highest BCUT2D eigenvalue weighted by Gasteiger charge is 2.33. The van der Waals surface area contributed by atoms with E-state index in [1.54, 1.807) is 13.2 Å². The van der Waals surface area contributed by atoms with Gasteiger partial charge in [0.2, 0.25) is 0 Å². The highest BCUT2D eigenvalue weighted by Crippen LogP contribution is 2.48. The normalized spacial score (nSPS) is 15.9. The fourth-order valence-electron chi connectivity index (χ4n) is 3.79. The van der Waals surface area contributed by atoms with Gasteiger partial charge >= 0.3 is 0 Å². The van der Waals surface area contributed by atoms with Gasteiger partial charge in [-0.2, -0.15) is 0 Å². The molecule has 1 fully saturated rings. The first-order valence-electron chi connectivity index (χ1n) is 9.68. The molecule has 0 unspecified atom stereocenters. The lowest BCUT2D eigenvalue weighted by atomic mass is 10.0. The number of rotatable bonds is 7. The lowest BCUT2D eigenvalue weighted by Crippen LogP contribution is -2.38. The third kappa shape index (κ3) is 3.45. The van der Waals surface area contributed by atoms with E-state index in [1.807, 2.05) is 31.2 Å². The molecule has 1 saturated heterocycles. The van der Waals surface area contributed by atoms with Crippen molar-refractivity contribution in [2.24, 2.45) is 0 Å². The van der Waals surface area contributed by atoms with Crippen molar-refractivity contribution in [2.45, 2.75) is 6.92 Å².